The maximum Gasteiger partial charge on any atom is 0.165 e. The summed E-state index contributed by atoms with van der Waals surface area (Å²) >= 11 is 0. The van der Waals surface area contributed by atoms with Crippen LogP contribution < -0.4 is 14.8 Å². The van der Waals surface area contributed by atoms with Gasteiger partial charge in [-0.2, -0.15) is 0 Å². The van der Waals surface area contributed by atoms with E-state index in [4.69, 9.17) is 13.9 Å². The van der Waals surface area contributed by atoms with Gasteiger partial charge in [-0.25, -0.2) is 0 Å². The summed E-state index contributed by atoms with van der Waals surface area (Å²) in [7, 11) is 0. The number of ether oxygens (including phenoxy) is 2. The van der Waals surface area contributed by atoms with E-state index in [0.29, 0.717) is 13.2 Å². The first kappa shape index (κ1) is 14.0. The number of furan rings is 1. The van der Waals surface area contributed by atoms with E-state index in [1.165, 1.54) is 5.56 Å². The van der Waals surface area contributed by atoms with E-state index >= 15 is 0 Å². The molecule has 0 saturated carbocycles. The molecule has 2 aromatic rings. The van der Waals surface area contributed by atoms with Crippen molar-refractivity contribution in [3.63, 3.8) is 0 Å². The second-order valence-corrected chi connectivity index (χ2v) is 5.41. The van der Waals surface area contributed by atoms with Crippen LogP contribution in [-0.2, 0) is 6.54 Å². The molecule has 3 rings (SSSR count). The predicted molar refractivity (Wildman–Crippen MR) is 80.9 cm³/mol. The third-order valence-corrected chi connectivity index (χ3v) is 3.79. The van der Waals surface area contributed by atoms with Crippen molar-refractivity contribution in [2.45, 2.75) is 33.4 Å². The molecule has 0 amide bonds. The Kier molecular flexibility index (Phi) is 3.88. The Bertz CT molecular complexity index is 633. The number of aryl methyl sites for hydroxylation is 2. The van der Waals surface area contributed by atoms with Crippen LogP contribution >= 0.6 is 0 Å². The zero-order chi connectivity index (χ0) is 14.8. The Hall–Kier alpha value is -1.94. The van der Waals surface area contributed by atoms with Crippen LogP contribution in [0.5, 0.6) is 11.5 Å². The molecule has 1 aromatic heterocycles. The first-order chi connectivity index (χ1) is 10.1. The minimum Gasteiger partial charge on any atom is -0.486 e. The molecule has 1 atom stereocenters. The fraction of sp³-hybridized carbons (Fsp3) is 0.412. The van der Waals surface area contributed by atoms with E-state index in [9.17, 15) is 0 Å². The molecule has 0 fully saturated rings. The van der Waals surface area contributed by atoms with Crippen molar-refractivity contribution >= 4 is 0 Å². The highest BCUT2D eigenvalue weighted by Gasteiger charge is 2.17. The molecule has 1 aromatic carbocycles. The highest BCUT2D eigenvalue weighted by molar-refractivity contribution is 5.47. The molecule has 4 heteroatoms. The summed E-state index contributed by atoms with van der Waals surface area (Å²) in [5.41, 5.74) is 2.33. The Balaban J connectivity index is 1.72. The van der Waals surface area contributed by atoms with Crippen molar-refractivity contribution in [2.24, 2.45) is 0 Å². The van der Waals surface area contributed by atoms with Gasteiger partial charge in [0.1, 0.15) is 24.7 Å². The normalized spacial score (nSPS) is 15.0. The fourth-order valence-corrected chi connectivity index (χ4v) is 2.73. The Morgan fingerprint density at radius 1 is 1.19 bits per heavy atom. The number of rotatable bonds is 4. The van der Waals surface area contributed by atoms with Crippen LogP contribution in [0.4, 0.5) is 0 Å². The molecule has 1 aliphatic heterocycles. The second-order valence-electron chi connectivity index (χ2n) is 5.41. The molecule has 4 nitrogen and oxygen atoms in total. The van der Waals surface area contributed by atoms with Crippen LogP contribution in [0, 0.1) is 13.8 Å². The fourth-order valence-electron chi connectivity index (χ4n) is 2.73. The summed E-state index contributed by atoms with van der Waals surface area (Å²) in [6.07, 6.45) is 0. The number of nitrogens with one attached hydrogen (secondary N) is 1. The number of fused-ring (bicyclic) bond motifs is 1. The van der Waals surface area contributed by atoms with Crippen molar-refractivity contribution in [3.8, 4) is 11.5 Å². The quantitative estimate of drug-likeness (QED) is 0.934. The van der Waals surface area contributed by atoms with E-state index in [1.807, 2.05) is 26.0 Å². The van der Waals surface area contributed by atoms with Crippen molar-refractivity contribution < 1.29 is 13.9 Å². The van der Waals surface area contributed by atoms with Crippen LogP contribution in [0.3, 0.4) is 0 Å². The van der Waals surface area contributed by atoms with Crippen molar-refractivity contribution in [1.29, 1.82) is 0 Å². The van der Waals surface area contributed by atoms with Gasteiger partial charge in [-0.05, 0) is 32.9 Å². The van der Waals surface area contributed by atoms with E-state index in [-0.39, 0.29) is 6.04 Å². The molecular formula is C17H21NO3. The maximum absolute atomic E-state index is 5.74. The summed E-state index contributed by atoms with van der Waals surface area (Å²) < 4.78 is 16.9. The lowest BCUT2D eigenvalue weighted by Crippen LogP contribution is -2.21. The lowest BCUT2D eigenvalue weighted by atomic mass is 10.1. The molecule has 0 bridgehead atoms. The zero-order valence-electron chi connectivity index (χ0n) is 12.7. The molecular weight excluding hydrogens is 266 g/mol. The maximum atomic E-state index is 5.74. The molecule has 0 saturated heterocycles. The number of hydrogen-bond acceptors (Lipinski definition) is 4. The zero-order valence-corrected chi connectivity index (χ0v) is 12.7. The van der Waals surface area contributed by atoms with Crippen molar-refractivity contribution in [1.82, 2.24) is 5.32 Å². The summed E-state index contributed by atoms with van der Waals surface area (Å²) in [5.74, 6) is 3.62. The molecule has 0 radical (unpaired) electrons. The van der Waals surface area contributed by atoms with Crippen LogP contribution in [0.1, 0.15) is 35.6 Å². The first-order valence-corrected chi connectivity index (χ1v) is 7.33. The van der Waals surface area contributed by atoms with Gasteiger partial charge in [-0.3, -0.25) is 0 Å². The Morgan fingerprint density at radius 3 is 2.76 bits per heavy atom. The SMILES string of the molecule is Cc1cc(C(C)NCc2cccc3c2OCCO3)c(C)o1. The topological polar surface area (TPSA) is 43.6 Å². The molecule has 1 aliphatic rings. The summed E-state index contributed by atoms with van der Waals surface area (Å²) in [6.45, 7) is 8.08. The minimum atomic E-state index is 0.225. The monoisotopic (exact) mass is 287 g/mol. The third-order valence-electron chi connectivity index (χ3n) is 3.79. The predicted octanol–water partition coefficient (Wildman–Crippen LogP) is 3.52. The smallest absolute Gasteiger partial charge is 0.165 e. The molecule has 21 heavy (non-hydrogen) atoms. The Labute approximate surface area is 125 Å². The average Bonchev–Trinajstić information content (AvgIpc) is 2.83. The number of para-hydroxylation sites is 1. The molecule has 1 N–H and O–H groups in total. The Morgan fingerprint density at radius 2 is 2.00 bits per heavy atom. The molecule has 2 heterocycles. The third kappa shape index (κ3) is 2.90. The van der Waals surface area contributed by atoms with Gasteiger partial charge in [0.15, 0.2) is 11.5 Å². The summed E-state index contributed by atoms with van der Waals surface area (Å²) in [5, 5.41) is 3.52. The number of benzene rings is 1. The average molecular weight is 287 g/mol. The van der Waals surface area contributed by atoms with E-state index in [1.54, 1.807) is 0 Å². The van der Waals surface area contributed by atoms with E-state index in [2.05, 4.69) is 24.4 Å². The van der Waals surface area contributed by atoms with Gasteiger partial charge in [-0.1, -0.05) is 12.1 Å². The van der Waals surface area contributed by atoms with Crippen LogP contribution in [0.25, 0.3) is 0 Å². The standard InChI is InChI=1S/C17H21NO3/c1-11-9-15(13(3)21-11)12(2)18-10-14-5-4-6-16-17(14)20-8-7-19-16/h4-6,9,12,18H,7-8,10H2,1-3H3. The van der Waals surface area contributed by atoms with Crippen molar-refractivity contribution in [2.75, 3.05) is 13.2 Å². The van der Waals surface area contributed by atoms with Crippen LogP contribution in [-0.4, -0.2) is 13.2 Å². The lowest BCUT2D eigenvalue weighted by Gasteiger charge is -2.22. The van der Waals surface area contributed by atoms with Crippen molar-refractivity contribution in [3.05, 3.63) is 46.9 Å². The molecule has 0 aliphatic carbocycles. The van der Waals surface area contributed by atoms with Gasteiger partial charge in [-0.15, -0.1) is 0 Å². The van der Waals surface area contributed by atoms with Gasteiger partial charge in [0.2, 0.25) is 0 Å². The highest BCUT2D eigenvalue weighted by atomic mass is 16.6. The largest absolute Gasteiger partial charge is 0.486 e. The summed E-state index contributed by atoms with van der Waals surface area (Å²) in [4.78, 5) is 0. The van der Waals surface area contributed by atoms with Gasteiger partial charge in [0.25, 0.3) is 0 Å². The first-order valence-electron chi connectivity index (χ1n) is 7.33. The lowest BCUT2D eigenvalue weighted by molar-refractivity contribution is 0.169. The molecule has 1 unspecified atom stereocenters. The van der Waals surface area contributed by atoms with Gasteiger partial charge >= 0.3 is 0 Å². The van der Waals surface area contributed by atoms with Gasteiger partial charge in [0.05, 0.1) is 0 Å². The van der Waals surface area contributed by atoms with Crippen LogP contribution in [0.15, 0.2) is 28.7 Å². The minimum absolute atomic E-state index is 0.225. The van der Waals surface area contributed by atoms with E-state index in [0.717, 1.165) is 35.1 Å². The molecule has 112 valence electrons. The van der Waals surface area contributed by atoms with E-state index < -0.39 is 0 Å². The highest BCUT2D eigenvalue weighted by Crippen LogP contribution is 2.34. The second kappa shape index (κ2) is 5.82. The summed E-state index contributed by atoms with van der Waals surface area (Å²) in [6, 6.07) is 8.34. The van der Waals surface area contributed by atoms with Gasteiger partial charge < -0.3 is 19.2 Å². The van der Waals surface area contributed by atoms with Crippen LogP contribution in [0.2, 0.25) is 0 Å². The van der Waals surface area contributed by atoms with Gasteiger partial charge in [0, 0.05) is 23.7 Å². The number of hydrogen-bond donors (Lipinski definition) is 1. The molecule has 0 spiro atoms.